The first-order valence-corrected chi connectivity index (χ1v) is 6.89. The molecule has 0 aliphatic heterocycles. The van der Waals surface area contributed by atoms with Crippen molar-refractivity contribution in [3.8, 4) is 0 Å². The maximum atomic E-state index is 6.07. The van der Waals surface area contributed by atoms with Gasteiger partial charge in [0.25, 0.3) is 0 Å². The Morgan fingerprint density at radius 2 is 1.71 bits per heavy atom. The van der Waals surface area contributed by atoms with Crippen molar-refractivity contribution in [2.45, 2.75) is 50.4 Å². The minimum atomic E-state index is 0.264. The molecule has 2 aliphatic carbocycles. The summed E-state index contributed by atoms with van der Waals surface area (Å²) in [4.78, 5) is 4.11. The van der Waals surface area contributed by atoms with Crippen LogP contribution in [0.25, 0.3) is 0 Å². The summed E-state index contributed by atoms with van der Waals surface area (Å²) in [6, 6.07) is 4.31. The molecular formula is C15H22N2. The fourth-order valence-electron chi connectivity index (χ4n) is 4.21. The topological polar surface area (TPSA) is 38.9 Å². The predicted octanol–water partition coefficient (Wildman–Crippen LogP) is 3.02. The summed E-state index contributed by atoms with van der Waals surface area (Å²) in [6.45, 7) is 0.790. The highest BCUT2D eigenvalue weighted by molar-refractivity contribution is 5.29. The van der Waals surface area contributed by atoms with Gasteiger partial charge in [0.15, 0.2) is 0 Å². The minimum absolute atomic E-state index is 0.264. The molecule has 1 heterocycles. The normalized spacial score (nSPS) is 25.5. The van der Waals surface area contributed by atoms with Crippen molar-refractivity contribution in [3.05, 3.63) is 30.1 Å². The molecule has 1 aromatic rings. The van der Waals surface area contributed by atoms with Gasteiger partial charge in [0.05, 0.1) is 0 Å². The third-order valence-electron chi connectivity index (χ3n) is 5.02. The van der Waals surface area contributed by atoms with Gasteiger partial charge in [-0.25, -0.2) is 0 Å². The molecule has 2 nitrogen and oxygen atoms in total. The van der Waals surface area contributed by atoms with E-state index in [1.54, 1.807) is 0 Å². The average Bonchev–Trinajstić information content (AvgIpc) is 2.37. The fourth-order valence-corrected chi connectivity index (χ4v) is 4.21. The first-order chi connectivity index (χ1) is 8.29. The molecule has 17 heavy (non-hydrogen) atoms. The molecule has 0 radical (unpaired) electrons. The Bertz CT molecular complexity index is 371. The first-order valence-electron chi connectivity index (χ1n) is 6.89. The van der Waals surface area contributed by atoms with Crippen LogP contribution in [-0.2, 0) is 5.41 Å². The van der Waals surface area contributed by atoms with E-state index in [2.05, 4.69) is 17.1 Å². The molecule has 0 saturated heterocycles. The predicted molar refractivity (Wildman–Crippen MR) is 69.7 cm³/mol. The second kappa shape index (κ2) is 4.09. The monoisotopic (exact) mass is 230 g/mol. The van der Waals surface area contributed by atoms with Crippen LogP contribution >= 0.6 is 0 Å². The Morgan fingerprint density at radius 3 is 2.29 bits per heavy atom. The molecule has 2 fully saturated rings. The number of hydrogen-bond acceptors (Lipinski definition) is 2. The molecular weight excluding hydrogens is 208 g/mol. The van der Waals surface area contributed by atoms with E-state index in [0.29, 0.717) is 5.41 Å². The van der Waals surface area contributed by atoms with E-state index in [1.165, 1.54) is 50.5 Å². The van der Waals surface area contributed by atoms with Gasteiger partial charge in [0.2, 0.25) is 0 Å². The van der Waals surface area contributed by atoms with Crippen LogP contribution in [-0.4, -0.2) is 11.5 Å². The van der Waals surface area contributed by atoms with Crippen LogP contribution in [0.2, 0.25) is 0 Å². The molecule has 0 bridgehead atoms. The van der Waals surface area contributed by atoms with Crippen LogP contribution in [0.3, 0.4) is 0 Å². The molecule has 2 aliphatic rings. The van der Waals surface area contributed by atoms with Gasteiger partial charge in [0, 0.05) is 24.4 Å². The zero-order chi connectivity index (χ0) is 11.8. The van der Waals surface area contributed by atoms with E-state index >= 15 is 0 Å². The maximum absolute atomic E-state index is 6.07. The van der Waals surface area contributed by atoms with E-state index < -0.39 is 0 Å². The molecule has 92 valence electrons. The average molecular weight is 230 g/mol. The number of rotatable bonds is 2. The number of aromatic nitrogens is 1. The first kappa shape index (κ1) is 11.2. The quantitative estimate of drug-likeness (QED) is 0.848. The molecule has 1 spiro atoms. The Labute approximate surface area is 104 Å². The molecule has 0 atom stereocenters. The van der Waals surface area contributed by atoms with E-state index in [0.717, 1.165) is 6.54 Å². The number of nitrogens with zero attached hydrogens (tertiary/aromatic N) is 1. The van der Waals surface area contributed by atoms with Gasteiger partial charge < -0.3 is 5.73 Å². The van der Waals surface area contributed by atoms with E-state index in [-0.39, 0.29) is 5.41 Å². The van der Waals surface area contributed by atoms with Gasteiger partial charge in [-0.2, -0.15) is 0 Å². The van der Waals surface area contributed by atoms with Crippen molar-refractivity contribution in [2.24, 2.45) is 11.1 Å². The minimum Gasteiger partial charge on any atom is -0.330 e. The third kappa shape index (κ3) is 1.79. The molecule has 2 heteroatoms. The summed E-state index contributed by atoms with van der Waals surface area (Å²) in [5.74, 6) is 0. The maximum Gasteiger partial charge on any atom is 0.0270 e. The van der Waals surface area contributed by atoms with Gasteiger partial charge in [-0.1, -0.05) is 19.3 Å². The standard InChI is InChI=1S/C15H22N2/c16-12-15(13-4-8-17-9-5-13)10-14(11-15)6-2-1-3-7-14/h4-5,8-9H,1-3,6-7,10-12,16H2. The highest BCUT2D eigenvalue weighted by atomic mass is 14.7. The molecule has 0 unspecified atom stereocenters. The van der Waals surface area contributed by atoms with Crippen molar-refractivity contribution in [2.75, 3.05) is 6.54 Å². The highest BCUT2D eigenvalue weighted by Crippen LogP contribution is 2.61. The lowest BCUT2D eigenvalue weighted by atomic mass is 9.47. The lowest BCUT2D eigenvalue weighted by Gasteiger charge is -2.58. The zero-order valence-electron chi connectivity index (χ0n) is 10.5. The van der Waals surface area contributed by atoms with Crippen molar-refractivity contribution < 1.29 is 0 Å². The smallest absolute Gasteiger partial charge is 0.0270 e. The van der Waals surface area contributed by atoms with Crippen LogP contribution < -0.4 is 5.73 Å². The van der Waals surface area contributed by atoms with Crippen LogP contribution in [0.5, 0.6) is 0 Å². The second-order valence-electron chi connectivity index (χ2n) is 6.13. The summed E-state index contributed by atoms with van der Waals surface area (Å²) >= 11 is 0. The fraction of sp³-hybridized carbons (Fsp3) is 0.667. The third-order valence-corrected chi connectivity index (χ3v) is 5.02. The van der Waals surface area contributed by atoms with Gasteiger partial charge >= 0.3 is 0 Å². The Morgan fingerprint density at radius 1 is 1.06 bits per heavy atom. The number of hydrogen-bond donors (Lipinski definition) is 1. The van der Waals surface area contributed by atoms with Crippen LogP contribution in [0, 0.1) is 5.41 Å². The molecule has 2 N–H and O–H groups in total. The van der Waals surface area contributed by atoms with Gasteiger partial charge in [-0.15, -0.1) is 0 Å². The summed E-state index contributed by atoms with van der Waals surface area (Å²) in [6.07, 6.45) is 13.6. The van der Waals surface area contributed by atoms with Crippen LogP contribution in [0.1, 0.15) is 50.5 Å². The van der Waals surface area contributed by atoms with Crippen molar-refractivity contribution in [1.82, 2.24) is 4.98 Å². The summed E-state index contributed by atoms with van der Waals surface area (Å²) < 4.78 is 0. The van der Waals surface area contributed by atoms with E-state index in [4.69, 9.17) is 5.73 Å². The van der Waals surface area contributed by atoms with Crippen molar-refractivity contribution >= 4 is 0 Å². The highest BCUT2D eigenvalue weighted by Gasteiger charge is 2.54. The lowest BCUT2D eigenvalue weighted by molar-refractivity contribution is -0.00837. The molecule has 2 saturated carbocycles. The number of pyridine rings is 1. The molecule has 0 amide bonds. The molecule has 1 aromatic heterocycles. The largest absolute Gasteiger partial charge is 0.330 e. The molecule has 0 aromatic carbocycles. The van der Waals surface area contributed by atoms with Gasteiger partial charge in [-0.3, -0.25) is 4.98 Å². The van der Waals surface area contributed by atoms with Crippen molar-refractivity contribution in [1.29, 1.82) is 0 Å². The summed E-state index contributed by atoms with van der Waals surface area (Å²) in [5, 5.41) is 0. The summed E-state index contributed by atoms with van der Waals surface area (Å²) in [5.41, 5.74) is 8.38. The lowest BCUT2D eigenvalue weighted by Crippen LogP contribution is -2.54. The van der Waals surface area contributed by atoms with Crippen molar-refractivity contribution in [3.63, 3.8) is 0 Å². The zero-order valence-corrected chi connectivity index (χ0v) is 10.5. The van der Waals surface area contributed by atoms with E-state index in [9.17, 15) is 0 Å². The Hall–Kier alpha value is -0.890. The van der Waals surface area contributed by atoms with Gasteiger partial charge in [0.1, 0.15) is 0 Å². The summed E-state index contributed by atoms with van der Waals surface area (Å²) in [7, 11) is 0. The van der Waals surface area contributed by atoms with Crippen LogP contribution in [0.15, 0.2) is 24.5 Å². The Kier molecular flexibility index (Phi) is 2.70. The second-order valence-corrected chi connectivity index (χ2v) is 6.13. The van der Waals surface area contributed by atoms with Crippen LogP contribution in [0.4, 0.5) is 0 Å². The SMILES string of the molecule is NCC1(c2ccncc2)CC2(CCCCC2)C1. The van der Waals surface area contributed by atoms with E-state index in [1.807, 2.05) is 12.4 Å². The Balaban J connectivity index is 1.79. The number of nitrogens with two attached hydrogens (primary N) is 1. The molecule has 3 rings (SSSR count). The van der Waals surface area contributed by atoms with Gasteiger partial charge in [-0.05, 0) is 48.8 Å².